The van der Waals surface area contributed by atoms with Gasteiger partial charge >= 0.3 is 0 Å². The molecular weight excluding hydrogens is 206 g/mol. The predicted molar refractivity (Wildman–Crippen MR) is 57.1 cm³/mol. The number of aromatic nitrogens is 2. The molecule has 1 heterocycles. The number of carbonyl (C=O) groups excluding carboxylic acids is 1. The summed E-state index contributed by atoms with van der Waals surface area (Å²) in [5, 5.41) is 13.0. The van der Waals surface area contributed by atoms with Gasteiger partial charge in [0.25, 0.3) is 5.91 Å². The molecule has 1 aliphatic rings. The number of nitrogens with zero attached hydrogens (tertiary/aromatic N) is 3. The third kappa shape index (κ3) is 1.60. The number of primary amides is 1. The van der Waals surface area contributed by atoms with Gasteiger partial charge in [0.15, 0.2) is 5.82 Å². The number of hydrogen-bond acceptors (Lipinski definition) is 4. The fraction of sp³-hybridized carbons (Fsp3) is 0.500. The molecule has 6 heteroatoms. The zero-order chi connectivity index (χ0) is 11.7. The molecule has 1 unspecified atom stereocenters. The molecule has 0 bridgehead atoms. The van der Waals surface area contributed by atoms with Crippen molar-refractivity contribution >= 4 is 11.7 Å². The summed E-state index contributed by atoms with van der Waals surface area (Å²) in [6.45, 7) is 0. The van der Waals surface area contributed by atoms with E-state index in [0.717, 1.165) is 19.3 Å². The summed E-state index contributed by atoms with van der Waals surface area (Å²) in [6.07, 6.45) is 4.29. The number of nitrogens with two attached hydrogens (primary N) is 2. The Morgan fingerprint density at radius 3 is 2.94 bits per heavy atom. The van der Waals surface area contributed by atoms with Gasteiger partial charge in [0.1, 0.15) is 5.56 Å². The lowest BCUT2D eigenvalue weighted by molar-refractivity contribution is 0.100. The molecule has 0 radical (unpaired) electrons. The molecule has 2 rings (SSSR count). The topological polar surface area (TPSA) is 111 Å². The van der Waals surface area contributed by atoms with Crippen LogP contribution < -0.4 is 11.5 Å². The standard InChI is InChI=1S/C10H13N5O/c11-4-6-2-1-3-8(6)15-5-7(10(13)16)9(12)14-15/h5-6,8H,1-3H2,(H2,12,14)(H2,13,16)/t6-,8?/m1/s1. The monoisotopic (exact) mass is 219 g/mol. The summed E-state index contributed by atoms with van der Waals surface area (Å²) in [6, 6.07) is 2.27. The van der Waals surface area contributed by atoms with Crippen molar-refractivity contribution in [3.05, 3.63) is 11.8 Å². The minimum absolute atomic E-state index is 0.0143. The molecule has 0 aliphatic heterocycles. The van der Waals surface area contributed by atoms with E-state index in [1.165, 1.54) is 6.20 Å². The molecule has 1 fully saturated rings. The fourth-order valence-electron chi connectivity index (χ4n) is 2.17. The van der Waals surface area contributed by atoms with E-state index in [1.807, 2.05) is 0 Å². The Bertz CT molecular complexity index is 458. The second kappa shape index (κ2) is 3.85. The summed E-state index contributed by atoms with van der Waals surface area (Å²) in [5.74, 6) is -0.508. The van der Waals surface area contributed by atoms with Gasteiger partial charge in [-0.3, -0.25) is 9.48 Å². The Hall–Kier alpha value is -2.03. The van der Waals surface area contributed by atoms with Crippen molar-refractivity contribution in [1.29, 1.82) is 5.26 Å². The zero-order valence-electron chi connectivity index (χ0n) is 8.76. The SMILES string of the molecule is N#C[C@H]1CCCC1n1cc(C(N)=O)c(N)n1. The van der Waals surface area contributed by atoms with E-state index in [4.69, 9.17) is 16.7 Å². The van der Waals surface area contributed by atoms with Gasteiger partial charge in [-0.05, 0) is 19.3 Å². The Morgan fingerprint density at radius 2 is 2.38 bits per heavy atom. The normalized spacial score (nSPS) is 24.2. The van der Waals surface area contributed by atoms with Crippen molar-refractivity contribution in [3.8, 4) is 6.07 Å². The van der Waals surface area contributed by atoms with Crippen LogP contribution in [0.3, 0.4) is 0 Å². The van der Waals surface area contributed by atoms with Gasteiger partial charge in [-0.25, -0.2) is 0 Å². The Morgan fingerprint density at radius 1 is 1.62 bits per heavy atom. The minimum Gasteiger partial charge on any atom is -0.382 e. The maximum Gasteiger partial charge on any atom is 0.254 e. The van der Waals surface area contributed by atoms with Gasteiger partial charge in [0.2, 0.25) is 0 Å². The van der Waals surface area contributed by atoms with Gasteiger partial charge in [0, 0.05) is 6.20 Å². The average Bonchev–Trinajstić information content (AvgIpc) is 2.82. The third-order valence-corrected chi connectivity index (χ3v) is 3.01. The molecule has 6 nitrogen and oxygen atoms in total. The largest absolute Gasteiger partial charge is 0.382 e. The smallest absolute Gasteiger partial charge is 0.254 e. The number of anilines is 1. The van der Waals surface area contributed by atoms with E-state index < -0.39 is 5.91 Å². The number of carbonyl (C=O) groups is 1. The highest BCUT2D eigenvalue weighted by molar-refractivity contribution is 5.96. The lowest BCUT2D eigenvalue weighted by atomic mass is 10.1. The van der Waals surface area contributed by atoms with Crippen LogP contribution in [0.1, 0.15) is 35.7 Å². The first kappa shape index (κ1) is 10.5. The third-order valence-electron chi connectivity index (χ3n) is 3.01. The van der Waals surface area contributed by atoms with Crippen LogP contribution in [0.4, 0.5) is 5.82 Å². The van der Waals surface area contributed by atoms with E-state index in [1.54, 1.807) is 4.68 Å². The molecule has 0 saturated heterocycles. The predicted octanol–water partition coefficient (Wildman–Crippen LogP) is 0.429. The van der Waals surface area contributed by atoms with Crippen molar-refractivity contribution in [3.63, 3.8) is 0 Å². The molecule has 2 atom stereocenters. The van der Waals surface area contributed by atoms with Gasteiger partial charge in [-0.15, -0.1) is 0 Å². The summed E-state index contributed by atoms with van der Waals surface area (Å²) in [4.78, 5) is 11.0. The van der Waals surface area contributed by atoms with Crippen LogP contribution >= 0.6 is 0 Å². The highest BCUT2D eigenvalue weighted by atomic mass is 16.1. The highest BCUT2D eigenvalue weighted by Crippen LogP contribution is 2.35. The fourth-order valence-corrected chi connectivity index (χ4v) is 2.17. The maximum absolute atomic E-state index is 11.0. The van der Waals surface area contributed by atoms with E-state index >= 15 is 0 Å². The molecule has 4 N–H and O–H groups in total. The van der Waals surface area contributed by atoms with Crippen LogP contribution in [-0.4, -0.2) is 15.7 Å². The highest BCUT2D eigenvalue weighted by Gasteiger charge is 2.30. The van der Waals surface area contributed by atoms with E-state index in [2.05, 4.69) is 11.2 Å². The molecule has 0 aromatic carbocycles. The first-order chi connectivity index (χ1) is 7.63. The van der Waals surface area contributed by atoms with Gasteiger partial charge in [-0.1, -0.05) is 0 Å². The zero-order valence-corrected chi connectivity index (χ0v) is 8.76. The van der Waals surface area contributed by atoms with E-state index in [-0.39, 0.29) is 23.3 Å². The number of nitriles is 1. The minimum atomic E-state index is -0.588. The molecule has 1 aromatic rings. The maximum atomic E-state index is 11.0. The van der Waals surface area contributed by atoms with Crippen molar-refractivity contribution in [2.24, 2.45) is 11.7 Å². The Labute approximate surface area is 92.8 Å². The van der Waals surface area contributed by atoms with Gasteiger partial charge < -0.3 is 11.5 Å². The van der Waals surface area contributed by atoms with Gasteiger partial charge in [-0.2, -0.15) is 10.4 Å². The number of rotatable bonds is 2. The van der Waals surface area contributed by atoms with Gasteiger partial charge in [0.05, 0.1) is 18.0 Å². The van der Waals surface area contributed by atoms with Crippen molar-refractivity contribution in [2.75, 3.05) is 5.73 Å². The van der Waals surface area contributed by atoms with Crippen LogP contribution in [0, 0.1) is 17.2 Å². The number of hydrogen-bond donors (Lipinski definition) is 2. The molecule has 1 aromatic heterocycles. The van der Waals surface area contributed by atoms with Crippen molar-refractivity contribution in [2.45, 2.75) is 25.3 Å². The van der Waals surface area contributed by atoms with E-state index in [0.29, 0.717) is 0 Å². The molecule has 84 valence electrons. The molecule has 16 heavy (non-hydrogen) atoms. The average molecular weight is 219 g/mol. The summed E-state index contributed by atoms with van der Waals surface area (Å²) in [5.41, 5.74) is 11.0. The van der Waals surface area contributed by atoms with Crippen molar-refractivity contribution < 1.29 is 4.79 Å². The second-order valence-corrected chi connectivity index (χ2v) is 4.01. The van der Waals surface area contributed by atoms with Crippen LogP contribution in [-0.2, 0) is 0 Å². The van der Waals surface area contributed by atoms with E-state index in [9.17, 15) is 4.79 Å². The molecular formula is C10H13N5O. The summed E-state index contributed by atoms with van der Waals surface area (Å²) >= 11 is 0. The molecule has 1 aliphatic carbocycles. The Kier molecular flexibility index (Phi) is 2.52. The lowest BCUT2D eigenvalue weighted by Gasteiger charge is -2.13. The van der Waals surface area contributed by atoms with Crippen LogP contribution in [0.2, 0.25) is 0 Å². The van der Waals surface area contributed by atoms with Crippen LogP contribution in [0.5, 0.6) is 0 Å². The summed E-state index contributed by atoms with van der Waals surface area (Å²) < 4.78 is 1.61. The lowest BCUT2D eigenvalue weighted by Crippen LogP contribution is -2.14. The quantitative estimate of drug-likeness (QED) is 0.751. The summed E-state index contributed by atoms with van der Waals surface area (Å²) in [7, 11) is 0. The van der Waals surface area contributed by atoms with Crippen LogP contribution in [0.25, 0.3) is 0 Å². The number of nitrogen functional groups attached to an aromatic ring is 1. The first-order valence-electron chi connectivity index (χ1n) is 5.17. The molecule has 1 saturated carbocycles. The first-order valence-corrected chi connectivity index (χ1v) is 5.17. The molecule has 0 spiro atoms. The van der Waals surface area contributed by atoms with Crippen molar-refractivity contribution in [1.82, 2.24) is 9.78 Å². The number of amides is 1. The van der Waals surface area contributed by atoms with Crippen LogP contribution in [0.15, 0.2) is 6.20 Å². The molecule has 1 amide bonds. The Balaban J connectivity index is 2.31. The second-order valence-electron chi connectivity index (χ2n) is 4.01.